The minimum absolute atomic E-state index is 0.0796. The SMILES string of the molecule is O=C([O-])[NH2+]NCCO. The van der Waals surface area contributed by atoms with Crippen molar-refractivity contribution in [1.29, 1.82) is 0 Å². The first-order chi connectivity index (χ1) is 3.77. The van der Waals surface area contributed by atoms with Crippen molar-refractivity contribution >= 4 is 6.09 Å². The van der Waals surface area contributed by atoms with E-state index in [9.17, 15) is 9.90 Å². The van der Waals surface area contributed by atoms with E-state index < -0.39 is 6.09 Å². The van der Waals surface area contributed by atoms with Crippen molar-refractivity contribution in [1.82, 2.24) is 5.43 Å². The Morgan fingerprint density at radius 3 is 2.88 bits per heavy atom. The van der Waals surface area contributed by atoms with Gasteiger partial charge in [0.25, 0.3) is 6.09 Å². The third kappa shape index (κ3) is 5.35. The van der Waals surface area contributed by atoms with Crippen LogP contribution in [0, 0.1) is 0 Å². The monoisotopic (exact) mass is 120 g/mol. The molecule has 0 saturated carbocycles. The molecule has 0 aromatic rings. The molecule has 0 aliphatic carbocycles. The Kier molecular flexibility index (Phi) is 4.14. The molecule has 5 nitrogen and oxygen atoms in total. The standard InChI is InChI=1S/C3H8N2O3/c6-2-1-4-5-3(7)8/h4-6H,1-2H2,(H,7,8). The molecule has 5 heteroatoms. The van der Waals surface area contributed by atoms with Gasteiger partial charge in [-0.3, -0.25) is 0 Å². The van der Waals surface area contributed by atoms with Gasteiger partial charge in [0.05, 0.1) is 13.2 Å². The summed E-state index contributed by atoms with van der Waals surface area (Å²) in [6.45, 7) is 0.164. The zero-order valence-corrected chi connectivity index (χ0v) is 4.26. The molecule has 0 fully saturated rings. The lowest BCUT2D eigenvalue weighted by Crippen LogP contribution is -2.99. The number of amides is 1. The maximum atomic E-state index is 9.56. The van der Waals surface area contributed by atoms with Gasteiger partial charge in [0.15, 0.2) is 0 Å². The van der Waals surface area contributed by atoms with E-state index in [1.54, 1.807) is 0 Å². The number of quaternary nitrogens is 1. The highest BCUT2D eigenvalue weighted by molar-refractivity contribution is 5.48. The number of nitrogens with one attached hydrogen (secondary N) is 1. The maximum Gasteiger partial charge on any atom is 0.274 e. The lowest BCUT2D eigenvalue weighted by molar-refractivity contribution is -0.667. The Morgan fingerprint density at radius 1 is 1.88 bits per heavy atom. The molecule has 0 aliphatic rings. The summed E-state index contributed by atoms with van der Waals surface area (Å²) in [4.78, 5) is 9.56. The topological polar surface area (TPSA) is 89.0 Å². The van der Waals surface area contributed by atoms with Crippen LogP contribution in [-0.2, 0) is 0 Å². The fraction of sp³-hybridized carbons (Fsp3) is 0.667. The molecule has 0 unspecified atom stereocenters. The van der Waals surface area contributed by atoms with Gasteiger partial charge in [0.1, 0.15) is 0 Å². The lowest BCUT2D eigenvalue weighted by Gasteiger charge is -1.97. The highest BCUT2D eigenvalue weighted by Gasteiger charge is 1.84. The Hall–Kier alpha value is -0.650. The summed E-state index contributed by atoms with van der Waals surface area (Å²) in [5.74, 6) is 0. The molecule has 1 amide bonds. The molecule has 0 atom stereocenters. The molecule has 0 bridgehead atoms. The van der Waals surface area contributed by atoms with Crippen LogP contribution in [0.25, 0.3) is 0 Å². The highest BCUT2D eigenvalue weighted by atomic mass is 16.4. The molecular formula is C3H8N2O3. The van der Waals surface area contributed by atoms with Crippen LogP contribution >= 0.6 is 0 Å². The number of carbonyl (C=O) groups is 1. The summed E-state index contributed by atoms with van der Waals surface area (Å²) >= 11 is 0. The zero-order valence-electron chi connectivity index (χ0n) is 4.26. The number of primary amides is 1. The minimum Gasteiger partial charge on any atom is -0.497 e. The number of rotatable bonds is 3. The van der Waals surface area contributed by atoms with Crippen molar-refractivity contribution in [3.63, 3.8) is 0 Å². The predicted octanol–water partition coefficient (Wildman–Crippen LogP) is -3.61. The Labute approximate surface area is 46.3 Å². The van der Waals surface area contributed by atoms with Gasteiger partial charge in [-0.15, -0.1) is 0 Å². The molecule has 8 heavy (non-hydrogen) atoms. The third-order valence-corrected chi connectivity index (χ3v) is 0.476. The number of aliphatic hydroxyl groups is 1. The number of carbonyl (C=O) groups excluding carboxylic acids is 1. The summed E-state index contributed by atoms with van der Waals surface area (Å²) in [6.07, 6.45) is -1.28. The summed E-state index contributed by atoms with van der Waals surface area (Å²) < 4.78 is 0. The second kappa shape index (κ2) is 4.51. The van der Waals surface area contributed by atoms with E-state index in [1.165, 1.54) is 0 Å². The van der Waals surface area contributed by atoms with E-state index in [2.05, 4.69) is 5.43 Å². The largest absolute Gasteiger partial charge is 0.497 e. The first-order valence-electron chi connectivity index (χ1n) is 2.16. The normalized spacial score (nSPS) is 9.12. The summed E-state index contributed by atoms with van der Waals surface area (Å²) in [7, 11) is 0. The van der Waals surface area contributed by atoms with Gasteiger partial charge in [-0.05, 0) is 0 Å². The van der Waals surface area contributed by atoms with Crippen LogP contribution < -0.4 is 16.0 Å². The molecule has 0 aromatic heterocycles. The number of hydrogen-bond acceptors (Lipinski definition) is 4. The number of carboxylic acid groups (broad SMARTS) is 1. The fourth-order valence-corrected chi connectivity index (χ4v) is 0.220. The van der Waals surface area contributed by atoms with Gasteiger partial charge in [0, 0.05) is 0 Å². The van der Waals surface area contributed by atoms with Crippen molar-refractivity contribution in [2.45, 2.75) is 0 Å². The molecule has 0 saturated heterocycles. The lowest BCUT2D eigenvalue weighted by atomic mass is 10.7. The Bertz CT molecular complexity index is 74.9. The van der Waals surface area contributed by atoms with Crippen molar-refractivity contribution in [3.05, 3.63) is 0 Å². The second-order valence-electron chi connectivity index (χ2n) is 1.14. The van der Waals surface area contributed by atoms with Crippen LogP contribution in [0.3, 0.4) is 0 Å². The van der Waals surface area contributed by atoms with E-state index in [0.717, 1.165) is 5.43 Å². The van der Waals surface area contributed by atoms with Gasteiger partial charge in [-0.2, -0.15) is 5.43 Å². The number of aliphatic hydroxyl groups excluding tert-OH is 1. The van der Waals surface area contributed by atoms with Crippen molar-refractivity contribution < 1.29 is 20.4 Å². The fourth-order valence-electron chi connectivity index (χ4n) is 0.220. The van der Waals surface area contributed by atoms with E-state index in [1.807, 2.05) is 0 Å². The summed E-state index contributed by atoms with van der Waals surface area (Å²) in [5.41, 5.74) is 3.07. The molecule has 0 spiro atoms. The first kappa shape index (κ1) is 7.35. The van der Waals surface area contributed by atoms with Crippen molar-refractivity contribution in [3.8, 4) is 0 Å². The Morgan fingerprint density at radius 2 is 2.50 bits per heavy atom. The molecule has 0 aliphatic heterocycles. The van der Waals surface area contributed by atoms with E-state index >= 15 is 0 Å². The van der Waals surface area contributed by atoms with E-state index in [0.29, 0.717) is 0 Å². The van der Waals surface area contributed by atoms with Crippen molar-refractivity contribution in [2.75, 3.05) is 13.2 Å². The molecule has 4 N–H and O–H groups in total. The second-order valence-corrected chi connectivity index (χ2v) is 1.14. The third-order valence-electron chi connectivity index (χ3n) is 0.476. The number of hydrogen-bond donors (Lipinski definition) is 3. The Balaban J connectivity index is 2.82. The average Bonchev–Trinajstić information content (AvgIpc) is 1.66. The van der Waals surface area contributed by atoms with Crippen LogP contribution in [0.5, 0.6) is 0 Å². The minimum atomic E-state index is -1.28. The quantitative estimate of drug-likeness (QED) is 0.204. The zero-order chi connectivity index (χ0) is 6.41. The first-order valence-corrected chi connectivity index (χ1v) is 2.16. The van der Waals surface area contributed by atoms with Gasteiger partial charge >= 0.3 is 0 Å². The smallest absolute Gasteiger partial charge is 0.274 e. The molecule has 48 valence electrons. The van der Waals surface area contributed by atoms with Crippen LogP contribution in [0.2, 0.25) is 0 Å². The van der Waals surface area contributed by atoms with E-state index in [4.69, 9.17) is 5.11 Å². The molecule has 0 radical (unpaired) electrons. The molecule has 0 heterocycles. The van der Waals surface area contributed by atoms with Crippen LogP contribution in [0.1, 0.15) is 0 Å². The molecule has 0 rings (SSSR count). The van der Waals surface area contributed by atoms with Gasteiger partial charge < -0.3 is 15.0 Å². The van der Waals surface area contributed by atoms with Gasteiger partial charge in [0.2, 0.25) is 0 Å². The predicted molar refractivity (Wildman–Crippen MR) is 22.4 cm³/mol. The van der Waals surface area contributed by atoms with Crippen LogP contribution in [0.15, 0.2) is 0 Å². The van der Waals surface area contributed by atoms with Crippen LogP contribution in [-0.4, -0.2) is 24.4 Å². The van der Waals surface area contributed by atoms with Crippen molar-refractivity contribution in [2.24, 2.45) is 0 Å². The average molecular weight is 120 g/mol. The van der Waals surface area contributed by atoms with Gasteiger partial charge in [-0.25, -0.2) is 5.43 Å². The number of nitrogens with two attached hydrogens (primary N) is 1. The highest BCUT2D eigenvalue weighted by Crippen LogP contribution is 1.40. The molecule has 0 aromatic carbocycles. The van der Waals surface area contributed by atoms with E-state index in [-0.39, 0.29) is 13.2 Å². The maximum absolute atomic E-state index is 9.56. The van der Waals surface area contributed by atoms with Gasteiger partial charge in [-0.1, -0.05) is 0 Å². The van der Waals surface area contributed by atoms with Crippen LogP contribution in [0.4, 0.5) is 4.79 Å². The molecular weight excluding hydrogens is 112 g/mol. The summed E-state index contributed by atoms with van der Waals surface area (Å²) in [5, 5.41) is 17.6. The summed E-state index contributed by atoms with van der Waals surface area (Å²) in [6, 6.07) is 0.